The van der Waals surface area contributed by atoms with Crippen LogP contribution < -0.4 is 4.90 Å². The molecule has 20 heavy (non-hydrogen) atoms. The summed E-state index contributed by atoms with van der Waals surface area (Å²) in [5, 5.41) is 0. The van der Waals surface area contributed by atoms with Crippen LogP contribution in [0.4, 0.5) is 5.82 Å². The molecule has 1 aromatic rings. The number of rotatable bonds is 4. The third kappa shape index (κ3) is 3.07. The van der Waals surface area contributed by atoms with Crippen LogP contribution in [0.5, 0.6) is 0 Å². The Labute approximate surface area is 118 Å². The molecular weight excluding hydrogens is 256 g/mol. The first-order chi connectivity index (χ1) is 9.76. The van der Waals surface area contributed by atoms with Crippen molar-refractivity contribution in [1.82, 2.24) is 14.9 Å². The predicted molar refractivity (Wildman–Crippen MR) is 74.7 cm³/mol. The predicted octanol–water partition coefficient (Wildman–Crippen LogP) is 0.795. The largest absolute Gasteiger partial charge is 0.464 e. The van der Waals surface area contributed by atoms with Crippen molar-refractivity contribution in [3.63, 3.8) is 0 Å². The molecule has 2 aliphatic rings. The molecule has 0 unspecified atom stereocenters. The van der Waals surface area contributed by atoms with Crippen molar-refractivity contribution in [3.05, 3.63) is 18.1 Å². The highest BCUT2D eigenvalue weighted by Crippen LogP contribution is 2.30. The molecule has 2 heterocycles. The minimum atomic E-state index is -0.438. The molecule has 0 atom stereocenters. The Kier molecular flexibility index (Phi) is 3.82. The molecule has 1 aliphatic heterocycles. The van der Waals surface area contributed by atoms with Crippen molar-refractivity contribution in [3.8, 4) is 0 Å². The number of carbonyl (C=O) groups excluding carboxylic acids is 1. The van der Waals surface area contributed by atoms with E-state index in [2.05, 4.69) is 24.5 Å². The highest BCUT2D eigenvalue weighted by atomic mass is 16.5. The molecule has 1 saturated carbocycles. The Hall–Kier alpha value is -1.69. The van der Waals surface area contributed by atoms with Gasteiger partial charge >= 0.3 is 5.97 Å². The molecule has 0 N–H and O–H groups in total. The van der Waals surface area contributed by atoms with Crippen LogP contribution >= 0.6 is 0 Å². The summed E-state index contributed by atoms with van der Waals surface area (Å²) in [6.07, 6.45) is 5.95. The third-order valence-corrected chi connectivity index (χ3v) is 3.93. The number of esters is 1. The number of ether oxygens (including phenoxy) is 1. The Balaban J connectivity index is 1.60. The molecule has 0 amide bonds. The lowest BCUT2D eigenvalue weighted by Gasteiger charge is -2.35. The molecule has 0 spiro atoms. The van der Waals surface area contributed by atoms with Crippen molar-refractivity contribution < 1.29 is 9.53 Å². The van der Waals surface area contributed by atoms with Crippen molar-refractivity contribution in [1.29, 1.82) is 0 Å². The summed E-state index contributed by atoms with van der Waals surface area (Å²) >= 11 is 0. The van der Waals surface area contributed by atoms with Gasteiger partial charge in [0.15, 0.2) is 5.69 Å². The van der Waals surface area contributed by atoms with E-state index in [1.54, 1.807) is 6.20 Å². The van der Waals surface area contributed by atoms with Gasteiger partial charge in [0.2, 0.25) is 0 Å². The number of aromatic nitrogens is 2. The van der Waals surface area contributed by atoms with Crippen LogP contribution in [0.2, 0.25) is 0 Å². The standard InChI is InChI=1S/C14H20N4O2/c1-20-14(19)12-8-15-9-13(16-12)18-6-4-17(5-7-18)10-11-2-3-11/h8-9,11H,2-7,10H2,1H3. The fourth-order valence-corrected chi connectivity index (χ4v) is 2.54. The highest BCUT2D eigenvalue weighted by Gasteiger charge is 2.26. The molecule has 0 radical (unpaired) electrons. The molecule has 1 aromatic heterocycles. The summed E-state index contributed by atoms with van der Waals surface area (Å²) in [5.41, 5.74) is 0.269. The molecule has 108 valence electrons. The van der Waals surface area contributed by atoms with Gasteiger partial charge in [-0.25, -0.2) is 9.78 Å². The second-order valence-corrected chi connectivity index (χ2v) is 5.49. The van der Waals surface area contributed by atoms with Crippen LogP contribution in [-0.2, 0) is 4.74 Å². The Morgan fingerprint density at radius 2 is 2.05 bits per heavy atom. The zero-order chi connectivity index (χ0) is 13.9. The van der Waals surface area contributed by atoms with Crippen LogP contribution in [0.1, 0.15) is 23.3 Å². The summed E-state index contributed by atoms with van der Waals surface area (Å²) in [6.45, 7) is 5.22. The molecule has 3 rings (SSSR count). The summed E-state index contributed by atoms with van der Waals surface area (Å²) < 4.78 is 4.68. The number of piperazine rings is 1. The van der Waals surface area contributed by atoms with E-state index >= 15 is 0 Å². The average Bonchev–Trinajstić information content (AvgIpc) is 3.31. The molecule has 0 bridgehead atoms. The number of hydrogen-bond donors (Lipinski definition) is 0. The zero-order valence-electron chi connectivity index (χ0n) is 11.8. The Morgan fingerprint density at radius 1 is 1.30 bits per heavy atom. The van der Waals surface area contributed by atoms with E-state index in [1.165, 1.54) is 32.7 Å². The number of carbonyl (C=O) groups is 1. The molecule has 2 fully saturated rings. The van der Waals surface area contributed by atoms with E-state index in [-0.39, 0.29) is 5.69 Å². The number of methoxy groups -OCH3 is 1. The van der Waals surface area contributed by atoms with Crippen LogP contribution in [0, 0.1) is 5.92 Å². The van der Waals surface area contributed by atoms with Crippen LogP contribution in [0.25, 0.3) is 0 Å². The molecule has 6 nitrogen and oxygen atoms in total. The first-order valence-electron chi connectivity index (χ1n) is 7.14. The van der Waals surface area contributed by atoms with Gasteiger partial charge in [-0.1, -0.05) is 0 Å². The van der Waals surface area contributed by atoms with Crippen molar-refractivity contribution in [2.45, 2.75) is 12.8 Å². The van der Waals surface area contributed by atoms with E-state index in [0.717, 1.165) is 37.9 Å². The fraction of sp³-hybridized carbons (Fsp3) is 0.643. The minimum absolute atomic E-state index is 0.269. The summed E-state index contributed by atoms with van der Waals surface area (Å²) in [4.78, 5) is 24.6. The van der Waals surface area contributed by atoms with Gasteiger partial charge in [0.05, 0.1) is 19.5 Å². The topological polar surface area (TPSA) is 58.6 Å². The van der Waals surface area contributed by atoms with E-state index in [0.29, 0.717) is 0 Å². The lowest BCUT2D eigenvalue weighted by molar-refractivity contribution is 0.0593. The second kappa shape index (κ2) is 5.75. The highest BCUT2D eigenvalue weighted by molar-refractivity contribution is 5.87. The van der Waals surface area contributed by atoms with Crippen molar-refractivity contribution in [2.75, 3.05) is 44.7 Å². The van der Waals surface area contributed by atoms with Gasteiger partial charge in [0, 0.05) is 32.7 Å². The van der Waals surface area contributed by atoms with E-state index < -0.39 is 5.97 Å². The minimum Gasteiger partial charge on any atom is -0.464 e. The first-order valence-corrected chi connectivity index (χ1v) is 7.14. The number of nitrogens with zero attached hydrogens (tertiary/aromatic N) is 4. The summed E-state index contributed by atoms with van der Waals surface area (Å²) in [7, 11) is 1.35. The number of hydrogen-bond acceptors (Lipinski definition) is 6. The van der Waals surface area contributed by atoms with Gasteiger partial charge in [-0.05, 0) is 18.8 Å². The summed E-state index contributed by atoms with van der Waals surface area (Å²) in [5.74, 6) is 1.26. The zero-order valence-corrected chi connectivity index (χ0v) is 11.8. The molecule has 6 heteroatoms. The SMILES string of the molecule is COC(=O)c1cncc(N2CCN(CC3CC3)CC2)n1. The van der Waals surface area contributed by atoms with E-state index in [4.69, 9.17) is 0 Å². The fourth-order valence-electron chi connectivity index (χ4n) is 2.54. The second-order valence-electron chi connectivity index (χ2n) is 5.49. The lowest BCUT2D eigenvalue weighted by atomic mass is 10.3. The smallest absolute Gasteiger partial charge is 0.358 e. The van der Waals surface area contributed by atoms with Gasteiger partial charge < -0.3 is 9.64 Å². The first kappa shape index (κ1) is 13.3. The van der Waals surface area contributed by atoms with Gasteiger partial charge in [0.1, 0.15) is 5.82 Å². The average molecular weight is 276 g/mol. The maximum Gasteiger partial charge on any atom is 0.358 e. The van der Waals surface area contributed by atoms with Gasteiger partial charge in [-0.3, -0.25) is 9.88 Å². The third-order valence-electron chi connectivity index (χ3n) is 3.93. The maximum absolute atomic E-state index is 11.5. The van der Waals surface area contributed by atoms with E-state index in [9.17, 15) is 4.79 Å². The maximum atomic E-state index is 11.5. The Bertz CT molecular complexity index is 482. The quantitative estimate of drug-likeness (QED) is 0.758. The molecular formula is C14H20N4O2. The molecule has 0 aromatic carbocycles. The van der Waals surface area contributed by atoms with E-state index in [1.807, 2.05) is 0 Å². The van der Waals surface area contributed by atoms with Crippen LogP contribution in [0.3, 0.4) is 0 Å². The molecule has 1 aliphatic carbocycles. The monoisotopic (exact) mass is 276 g/mol. The van der Waals surface area contributed by atoms with Gasteiger partial charge in [-0.2, -0.15) is 0 Å². The summed E-state index contributed by atoms with van der Waals surface area (Å²) in [6, 6.07) is 0. The Morgan fingerprint density at radius 3 is 2.70 bits per heavy atom. The van der Waals surface area contributed by atoms with Gasteiger partial charge in [0.25, 0.3) is 0 Å². The lowest BCUT2D eigenvalue weighted by Crippen LogP contribution is -2.47. The van der Waals surface area contributed by atoms with Crippen molar-refractivity contribution in [2.24, 2.45) is 5.92 Å². The van der Waals surface area contributed by atoms with Gasteiger partial charge in [-0.15, -0.1) is 0 Å². The number of anilines is 1. The van der Waals surface area contributed by atoms with Crippen LogP contribution in [-0.4, -0.2) is 60.7 Å². The van der Waals surface area contributed by atoms with Crippen LogP contribution in [0.15, 0.2) is 12.4 Å². The van der Waals surface area contributed by atoms with Crippen molar-refractivity contribution >= 4 is 11.8 Å². The molecule has 1 saturated heterocycles. The normalized spacial score (nSPS) is 19.9.